The molecule has 1 unspecified atom stereocenters. The summed E-state index contributed by atoms with van der Waals surface area (Å²) in [6.07, 6.45) is 1.91. The Bertz CT molecular complexity index is 849. The summed E-state index contributed by atoms with van der Waals surface area (Å²) in [5, 5.41) is 15.6. The van der Waals surface area contributed by atoms with Crippen LogP contribution in [0.2, 0.25) is 0 Å². The zero-order chi connectivity index (χ0) is 20.6. The lowest BCUT2D eigenvalue weighted by atomic mass is 10.1. The van der Waals surface area contributed by atoms with Gasteiger partial charge in [-0.15, -0.1) is 0 Å². The lowest BCUT2D eigenvalue weighted by molar-refractivity contribution is 0.0792. The second-order valence-corrected chi connectivity index (χ2v) is 7.08. The Morgan fingerprint density at radius 2 is 2.03 bits per heavy atom. The van der Waals surface area contributed by atoms with E-state index >= 15 is 0 Å². The van der Waals surface area contributed by atoms with E-state index in [2.05, 4.69) is 10.6 Å². The van der Waals surface area contributed by atoms with Crippen molar-refractivity contribution in [2.24, 2.45) is 0 Å². The second-order valence-electron chi connectivity index (χ2n) is 7.08. The van der Waals surface area contributed by atoms with Gasteiger partial charge in [0.1, 0.15) is 5.75 Å². The van der Waals surface area contributed by atoms with Crippen LogP contribution in [-0.2, 0) is 17.8 Å². The van der Waals surface area contributed by atoms with E-state index in [0.29, 0.717) is 30.8 Å². The van der Waals surface area contributed by atoms with Crippen molar-refractivity contribution in [1.29, 1.82) is 0 Å². The van der Waals surface area contributed by atoms with E-state index in [0.717, 1.165) is 18.4 Å². The Hall–Kier alpha value is -3.06. The maximum absolute atomic E-state index is 12.9. The van der Waals surface area contributed by atoms with Crippen molar-refractivity contribution in [3.8, 4) is 5.75 Å². The molecule has 154 valence electrons. The standard InChI is InChI=1S/C22H27N3O4/c1-23-21(27)17-8-4-6-16(12-17)13-24-22(28)25(15-19-9-5-11-29-19)14-18-7-2-3-10-20(18)26/h2-4,6-8,10,12,19,26H,5,9,11,13-15H2,1H3,(H,23,27)(H,24,28). The largest absolute Gasteiger partial charge is 0.508 e. The monoisotopic (exact) mass is 397 g/mol. The van der Waals surface area contributed by atoms with Gasteiger partial charge in [-0.05, 0) is 36.6 Å². The van der Waals surface area contributed by atoms with Crippen molar-refractivity contribution < 1.29 is 19.4 Å². The van der Waals surface area contributed by atoms with Crippen molar-refractivity contribution in [3.05, 3.63) is 65.2 Å². The normalized spacial score (nSPS) is 15.7. The third-order valence-corrected chi connectivity index (χ3v) is 4.95. The molecule has 1 heterocycles. The molecule has 1 fully saturated rings. The van der Waals surface area contributed by atoms with Crippen molar-refractivity contribution in [3.63, 3.8) is 0 Å². The molecule has 1 atom stereocenters. The summed E-state index contributed by atoms with van der Waals surface area (Å²) in [5.41, 5.74) is 2.06. The van der Waals surface area contributed by atoms with E-state index in [1.54, 1.807) is 48.3 Å². The molecule has 0 spiro atoms. The number of benzene rings is 2. The Morgan fingerprint density at radius 1 is 1.21 bits per heavy atom. The number of phenolic OH excluding ortho intramolecular Hbond substituents is 1. The SMILES string of the molecule is CNC(=O)c1cccc(CNC(=O)N(Cc2ccccc2O)CC2CCCO2)c1. The molecule has 0 radical (unpaired) electrons. The fraction of sp³-hybridized carbons (Fsp3) is 0.364. The summed E-state index contributed by atoms with van der Waals surface area (Å²) in [7, 11) is 1.58. The summed E-state index contributed by atoms with van der Waals surface area (Å²) >= 11 is 0. The molecule has 1 saturated heterocycles. The maximum Gasteiger partial charge on any atom is 0.318 e. The molecule has 0 aromatic heterocycles. The minimum Gasteiger partial charge on any atom is -0.508 e. The van der Waals surface area contributed by atoms with Gasteiger partial charge < -0.3 is 25.4 Å². The van der Waals surface area contributed by atoms with Crippen molar-refractivity contribution in [1.82, 2.24) is 15.5 Å². The number of carbonyl (C=O) groups excluding carboxylic acids is 2. The number of rotatable bonds is 7. The second kappa shape index (κ2) is 9.93. The number of aromatic hydroxyl groups is 1. The summed E-state index contributed by atoms with van der Waals surface area (Å²) in [6, 6.07) is 13.9. The van der Waals surface area contributed by atoms with Gasteiger partial charge in [0.25, 0.3) is 5.91 Å². The molecule has 3 amide bonds. The first-order valence-electron chi connectivity index (χ1n) is 9.79. The fourth-order valence-corrected chi connectivity index (χ4v) is 3.36. The first-order chi connectivity index (χ1) is 14.1. The van der Waals surface area contributed by atoms with Crippen molar-refractivity contribution in [2.45, 2.75) is 32.0 Å². The number of amides is 3. The van der Waals surface area contributed by atoms with E-state index in [4.69, 9.17) is 4.74 Å². The summed E-state index contributed by atoms with van der Waals surface area (Å²) in [6.45, 7) is 1.75. The van der Waals surface area contributed by atoms with E-state index < -0.39 is 0 Å². The highest BCUT2D eigenvalue weighted by Gasteiger charge is 2.23. The first kappa shape index (κ1) is 20.7. The van der Waals surface area contributed by atoms with Gasteiger partial charge in [-0.1, -0.05) is 30.3 Å². The molecule has 1 aliphatic rings. The van der Waals surface area contributed by atoms with Gasteiger partial charge >= 0.3 is 6.03 Å². The van der Waals surface area contributed by atoms with E-state index in [1.807, 2.05) is 12.1 Å². The van der Waals surface area contributed by atoms with Crippen LogP contribution in [0.1, 0.15) is 34.3 Å². The first-order valence-corrected chi connectivity index (χ1v) is 9.79. The quantitative estimate of drug-likeness (QED) is 0.670. The minimum absolute atomic E-state index is 0.00295. The molecule has 29 heavy (non-hydrogen) atoms. The average Bonchev–Trinajstić information content (AvgIpc) is 3.26. The number of nitrogens with zero attached hydrogens (tertiary/aromatic N) is 1. The van der Waals surface area contributed by atoms with Gasteiger partial charge in [-0.3, -0.25) is 4.79 Å². The molecule has 3 rings (SSSR count). The Labute approximate surface area is 170 Å². The van der Waals surface area contributed by atoms with Crippen molar-refractivity contribution in [2.75, 3.05) is 20.2 Å². The van der Waals surface area contributed by atoms with Crippen LogP contribution in [0.3, 0.4) is 0 Å². The van der Waals surface area contributed by atoms with E-state index in [1.165, 1.54) is 0 Å². The molecule has 7 nitrogen and oxygen atoms in total. The molecular weight excluding hydrogens is 370 g/mol. The number of ether oxygens (including phenoxy) is 1. The van der Waals surface area contributed by atoms with Crippen LogP contribution in [-0.4, -0.2) is 48.2 Å². The van der Waals surface area contributed by atoms with Gasteiger partial charge in [0.05, 0.1) is 12.6 Å². The number of carbonyl (C=O) groups is 2. The predicted molar refractivity (Wildman–Crippen MR) is 110 cm³/mol. The lowest BCUT2D eigenvalue weighted by Gasteiger charge is -2.26. The Morgan fingerprint density at radius 3 is 2.76 bits per heavy atom. The third kappa shape index (κ3) is 5.71. The number of hydrogen-bond acceptors (Lipinski definition) is 4. The van der Waals surface area contributed by atoms with Crippen LogP contribution < -0.4 is 10.6 Å². The molecule has 0 bridgehead atoms. The van der Waals surface area contributed by atoms with Crippen molar-refractivity contribution >= 4 is 11.9 Å². The van der Waals surface area contributed by atoms with Gasteiger partial charge in [0.15, 0.2) is 0 Å². The molecule has 2 aromatic rings. The lowest BCUT2D eigenvalue weighted by Crippen LogP contribution is -2.43. The summed E-state index contributed by atoms with van der Waals surface area (Å²) in [4.78, 5) is 26.3. The van der Waals surface area contributed by atoms with Gasteiger partial charge in [-0.25, -0.2) is 4.79 Å². The van der Waals surface area contributed by atoms with Crippen LogP contribution in [0.4, 0.5) is 4.79 Å². The van der Waals surface area contributed by atoms with Crippen LogP contribution in [0.15, 0.2) is 48.5 Å². The number of hydrogen-bond donors (Lipinski definition) is 3. The average molecular weight is 397 g/mol. The van der Waals surface area contributed by atoms with Crippen LogP contribution in [0, 0.1) is 0 Å². The predicted octanol–water partition coefficient (Wildman–Crippen LogP) is 2.64. The zero-order valence-electron chi connectivity index (χ0n) is 16.6. The highest BCUT2D eigenvalue weighted by molar-refractivity contribution is 5.94. The highest BCUT2D eigenvalue weighted by Crippen LogP contribution is 2.20. The molecule has 7 heteroatoms. The van der Waals surface area contributed by atoms with E-state index in [9.17, 15) is 14.7 Å². The van der Waals surface area contributed by atoms with Crippen LogP contribution in [0.5, 0.6) is 5.75 Å². The minimum atomic E-state index is -0.242. The molecule has 2 aromatic carbocycles. The molecule has 3 N–H and O–H groups in total. The number of nitrogens with one attached hydrogen (secondary N) is 2. The molecule has 0 aliphatic carbocycles. The molecule has 0 saturated carbocycles. The summed E-state index contributed by atoms with van der Waals surface area (Å²) in [5.74, 6) is -0.00587. The van der Waals surface area contributed by atoms with Crippen LogP contribution >= 0.6 is 0 Å². The number of para-hydroxylation sites is 1. The number of urea groups is 1. The Kier molecular flexibility index (Phi) is 7.08. The summed E-state index contributed by atoms with van der Waals surface area (Å²) < 4.78 is 5.69. The van der Waals surface area contributed by atoms with Crippen LogP contribution in [0.25, 0.3) is 0 Å². The highest BCUT2D eigenvalue weighted by atomic mass is 16.5. The zero-order valence-corrected chi connectivity index (χ0v) is 16.6. The maximum atomic E-state index is 12.9. The van der Waals surface area contributed by atoms with Gasteiger partial charge in [0.2, 0.25) is 0 Å². The smallest absolute Gasteiger partial charge is 0.318 e. The Balaban J connectivity index is 1.67. The topological polar surface area (TPSA) is 90.9 Å². The molecule has 1 aliphatic heterocycles. The third-order valence-electron chi connectivity index (χ3n) is 4.95. The van der Waals surface area contributed by atoms with Gasteiger partial charge in [-0.2, -0.15) is 0 Å². The van der Waals surface area contributed by atoms with Gasteiger partial charge in [0, 0.05) is 37.9 Å². The molecular formula is C22H27N3O4. The van der Waals surface area contributed by atoms with E-state index in [-0.39, 0.29) is 30.3 Å². The number of phenols is 1. The fourth-order valence-electron chi connectivity index (χ4n) is 3.36.